The van der Waals surface area contributed by atoms with Gasteiger partial charge in [-0.1, -0.05) is 48.5 Å². The van der Waals surface area contributed by atoms with Gasteiger partial charge in [-0.25, -0.2) is 14.6 Å². The fourth-order valence-electron chi connectivity index (χ4n) is 2.61. The van der Waals surface area contributed by atoms with Gasteiger partial charge in [0, 0.05) is 0 Å². The highest BCUT2D eigenvalue weighted by molar-refractivity contribution is 5.87. The van der Waals surface area contributed by atoms with Crippen LogP contribution in [0.15, 0.2) is 73.2 Å². The Balaban J connectivity index is 1.48. The summed E-state index contributed by atoms with van der Waals surface area (Å²) >= 11 is 0. The summed E-state index contributed by atoms with van der Waals surface area (Å²) in [5, 5.41) is 0. The van der Waals surface area contributed by atoms with Gasteiger partial charge in [0.05, 0.1) is 18.6 Å². The predicted molar refractivity (Wildman–Crippen MR) is 101 cm³/mol. The van der Waals surface area contributed by atoms with Crippen LogP contribution < -0.4 is 4.74 Å². The van der Waals surface area contributed by atoms with Gasteiger partial charge in [0.25, 0.3) is 0 Å². The summed E-state index contributed by atoms with van der Waals surface area (Å²) < 4.78 is 16.8. The molecule has 0 saturated heterocycles. The quantitative estimate of drug-likeness (QED) is 0.352. The zero-order valence-electron chi connectivity index (χ0n) is 15.4. The van der Waals surface area contributed by atoms with Crippen molar-refractivity contribution in [3.63, 3.8) is 0 Å². The van der Waals surface area contributed by atoms with Gasteiger partial charge in [-0.05, 0) is 24.6 Å². The highest BCUT2D eigenvalue weighted by Crippen LogP contribution is 2.19. The molecule has 0 radical (unpaired) electrons. The van der Waals surface area contributed by atoms with Crippen LogP contribution in [0, 0.1) is 0 Å². The molecule has 0 bridgehead atoms. The first-order chi connectivity index (χ1) is 13.6. The van der Waals surface area contributed by atoms with Gasteiger partial charge in [-0.3, -0.25) is 0 Å². The van der Waals surface area contributed by atoms with E-state index in [1.807, 2.05) is 37.3 Å². The van der Waals surface area contributed by atoms with Crippen molar-refractivity contribution in [1.29, 1.82) is 0 Å². The summed E-state index contributed by atoms with van der Waals surface area (Å²) in [5.41, 5.74) is 1.37. The first kappa shape index (κ1) is 19.2. The van der Waals surface area contributed by atoms with Crippen LogP contribution in [-0.2, 0) is 9.47 Å². The molecule has 1 atom stereocenters. The third-order valence-electron chi connectivity index (χ3n) is 4.06. The fraction of sp³-hybridized carbons (Fsp3) is 0.190. The molecule has 0 aliphatic heterocycles. The minimum Gasteiger partial charge on any atom is -0.457 e. The number of rotatable bonds is 7. The second-order valence-electron chi connectivity index (χ2n) is 5.92. The number of carbonyl (C=O) groups is 2. The molecule has 7 heteroatoms. The van der Waals surface area contributed by atoms with Crippen LogP contribution in [0.5, 0.6) is 5.75 Å². The fourth-order valence-corrected chi connectivity index (χ4v) is 2.61. The summed E-state index contributed by atoms with van der Waals surface area (Å²) in [7, 11) is 0. The summed E-state index contributed by atoms with van der Waals surface area (Å²) in [5.74, 6) is -0.163. The molecule has 1 unspecified atom stereocenters. The molecule has 0 aliphatic rings. The number of carbonyl (C=O) groups excluding carboxylic acids is 2. The maximum absolute atomic E-state index is 12.3. The van der Waals surface area contributed by atoms with Crippen LogP contribution in [0.3, 0.4) is 0 Å². The van der Waals surface area contributed by atoms with E-state index in [1.165, 1.54) is 6.20 Å². The molecule has 0 N–H and O–H groups in total. The van der Waals surface area contributed by atoms with E-state index in [0.29, 0.717) is 11.4 Å². The number of hydrogen-bond acceptors (Lipinski definition) is 6. The number of ether oxygens (including phenoxy) is 3. The minimum atomic E-state index is -0.856. The van der Waals surface area contributed by atoms with E-state index in [-0.39, 0.29) is 19.3 Å². The standard InChI is InChI=1S/C21H20N2O5/c1-16(17-8-4-2-5-9-17)23-15-22-14-19(23)20(24)26-12-13-27-21(25)28-18-10-6-3-7-11-18/h2-11,14-16H,12-13H2,1H3. The van der Waals surface area contributed by atoms with E-state index in [1.54, 1.807) is 41.2 Å². The molecule has 3 aromatic rings. The van der Waals surface area contributed by atoms with Crippen LogP contribution in [-0.4, -0.2) is 34.9 Å². The molecule has 3 rings (SSSR count). The Bertz CT molecular complexity index is 909. The molecule has 0 aliphatic carbocycles. The lowest BCUT2D eigenvalue weighted by Gasteiger charge is -2.16. The van der Waals surface area contributed by atoms with E-state index in [9.17, 15) is 9.59 Å². The lowest BCUT2D eigenvalue weighted by molar-refractivity contribution is 0.0334. The number of para-hydroxylation sites is 1. The van der Waals surface area contributed by atoms with Gasteiger partial charge >= 0.3 is 12.1 Å². The van der Waals surface area contributed by atoms with Crippen molar-refractivity contribution in [2.24, 2.45) is 0 Å². The second-order valence-corrected chi connectivity index (χ2v) is 5.92. The molecular weight excluding hydrogens is 360 g/mol. The third kappa shape index (κ3) is 4.97. The zero-order valence-corrected chi connectivity index (χ0v) is 15.4. The first-order valence-corrected chi connectivity index (χ1v) is 8.78. The summed E-state index contributed by atoms with van der Waals surface area (Å²) in [6.07, 6.45) is 2.18. The maximum atomic E-state index is 12.3. The average Bonchev–Trinajstić information content (AvgIpc) is 3.22. The lowest BCUT2D eigenvalue weighted by atomic mass is 10.1. The summed E-state index contributed by atoms with van der Waals surface area (Å²) in [4.78, 5) is 28.0. The van der Waals surface area contributed by atoms with E-state index in [2.05, 4.69) is 4.98 Å². The monoisotopic (exact) mass is 380 g/mol. The molecular formula is C21H20N2O5. The smallest absolute Gasteiger partial charge is 0.457 e. The van der Waals surface area contributed by atoms with Crippen molar-refractivity contribution < 1.29 is 23.8 Å². The second kappa shape index (κ2) is 9.36. The molecule has 144 valence electrons. The number of esters is 1. The minimum absolute atomic E-state index is 0.0802. The number of benzene rings is 2. The highest BCUT2D eigenvalue weighted by atomic mass is 16.7. The molecule has 0 fully saturated rings. The molecule has 1 heterocycles. The molecule has 2 aromatic carbocycles. The molecule has 7 nitrogen and oxygen atoms in total. The van der Waals surface area contributed by atoms with E-state index in [0.717, 1.165) is 5.56 Å². The van der Waals surface area contributed by atoms with Crippen LogP contribution in [0.1, 0.15) is 29.0 Å². The van der Waals surface area contributed by atoms with Crippen molar-refractivity contribution in [2.75, 3.05) is 13.2 Å². The Morgan fingerprint density at radius 2 is 1.61 bits per heavy atom. The van der Waals surface area contributed by atoms with Crippen molar-refractivity contribution in [1.82, 2.24) is 9.55 Å². The van der Waals surface area contributed by atoms with Crippen LogP contribution in [0.4, 0.5) is 4.79 Å². The normalized spacial score (nSPS) is 11.5. The summed E-state index contributed by atoms with van der Waals surface area (Å²) in [6, 6.07) is 18.2. The largest absolute Gasteiger partial charge is 0.513 e. The van der Waals surface area contributed by atoms with E-state index < -0.39 is 12.1 Å². The van der Waals surface area contributed by atoms with Crippen molar-refractivity contribution in [3.8, 4) is 5.75 Å². The van der Waals surface area contributed by atoms with Crippen molar-refractivity contribution >= 4 is 12.1 Å². The Kier molecular flexibility index (Phi) is 6.41. The van der Waals surface area contributed by atoms with Gasteiger partial charge in [-0.15, -0.1) is 0 Å². The van der Waals surface area contributed by atoms with Crippen LogP contribution >= 0.6 is 0 Å². The Labute approximate surface area is 162 Å². The van der Waals surface area contributed by atoms with E-state index >= 15 is 0 Å². The summed E-state index contributed by atoms with van der Waals surface area (Å²) in [6.45, 7) is 1.77. The molecule has 0 saturated carbocycles. The lowest BCUT2D eigenvalue weighted by Crippen LogP contribution is -2.19. The van der Waals surface area contributed by atoms with Crippen molar-refractivity contribution in [2.45, 2.75) is 13.0 Å². The maximum Gasteiger partial charge on any atom is 0.513 e. The molecule has 0 amide bonds. The molecule has 1 aromatic heterocycles. The van der Waals surface area contributed by atoms with Gasteiger partial charge in [0.2, 0.25) is 0 Å². The van der Waals surface area contributed by atoms with Gasteiger partial charge in [0.15, 0.2) is 0 Å². The molecule has 28 heavy (non-hydrogen) atoms. The zero-order chi connectivity index (χ0) is 19.8. The SMILES string of the molecule is CC(c1ccccc1)n1cncc1C(=O)OCCOC(=O)Oc1ccccc1. The predicted octanol–water partition coefficient (Wildman–Crippen LogP) is 3.86. The number of hydrogen-bond donors (Lipinski definition) is 0. The first-order valence-electron chi connectivity index (χ1n) is 8.78. The highest BCUT2D eigenvalue weighted by Gasteiger charge is 2.18. The Morgan fingerprint density at radius 3 is 2.32 bits per heavy atom. The van der Waals surface area contributed by atoms with Crippen molar-refractivity contribution in [3.05, 3.63) is 84.4 Å². The molecule has 0 spiro atoms. The van der Waals surface area contributed by atoms with Gasteiger partial charge in [0.1, 0.15) is 24.7 Å². The van der Waals surface area contributed by atoms with E-state index in [4.69, 9.17) is 14.2 Å². The number of imidazole rings is 1. The van der Waals surface area contributed by atoms with Crippen LogP contribution in [0.2, 0.25) is 0 Å². The average molecular weight is 380 g/mol. The van der Waals surface area contributed by atoms with Gasteiger partial charge in [-0.2, -0.15) is 0 Å². The van der Waals surface area contributed by atoms with Gasteiger partial charge < -0.3 is 18.8 Å². The number of nitrogens with zero attached hydrogens (tertiary/aromatic N) is 2. The number of aromatic nitrogens is 2. The Hall–Kier alpha value is -3.61. The van der Waals surface area contributed by atoms with Crippen LogP contribution in [0.25, 0.3) is 0 Å². The third-order valence-corrected chi connectivity index (χ3v) is 4.06. The topological polar surface area (TPSA) is 79.7 Å². The Morgan fingerprint density at radius 1 is 0.964 bits per heavy atom.